The summed E-state index contributed by atoms with van der Waals surface area (Å²) in [6, 6.07) is 0. The second-order valence-corrected chi connectivity index (χ2v) is 8.75. The molecule has 0 aromatic rings. The normalized spacial score (nSPS) is 33.3. The predicted molar refractivity (Wildman–Crippen MR) is 89.6 cm³/mol. The zero-order valence-corrected chi connectivity index (χ0v) is 15.3. The van der Waals surface area contributed by atoms with Gasteiger partial charge in [-0.1, -0.05) is 33.8 Å². The molecule has 0 aromatic heterocycles. The van der Waals surface area contributed by atoms with E-state index in [0.29, 0.717) is 25.7 Å². The van der Waals surface area contributed by atoms with Gasteiger partial charge in [0.2, 0.25) is 5.91 Å². The fourth-order valence-corrected chi connectivity index (χ4v) is 5.16. The Morgan fingerprint density at radius 3 is 2.50 bits per heavy atom. The second-order valence-electron chi connectivity index (χ2n) is 7.77. The maximum Gasteiger partial charge on any atom is 0.236 e. The van der Waals surface area contributed by atoms with E-state index in [0.717, 1.165) is 19.4 Å². The Balaban J connectivity index is 1.97. The average molecular weight is 325 g/mol. The lowest BCUT2D eigenvalue weighted by Crippen LogP contribution is -2.62. The van der Waals surface area contributed by atoms with Crippen LogP contribution >= 0.6 is 9.24 Å². The third kappa shape index (κ3) is 2.18. The number of carbonyl (C=O) groups is 1. The molecule has 5 heteroatoms. The maximum absolute atomic E-state index is 13.1. The molecule has 1 spiro atoms. The van der Waals surface area contributed by atoms with E-state index in [4.69, 9.17) is 9.47 Å². The summed E-state index contributed by atoms with van der Waals surface area (Å²) < 4.78 is 12.0. The Bertz CT molecular complexity index is 508. The zero-order valence-electron chi connectivity index (χ0n) is 14.1. The van der Waals surface area contributed by atoms with Crippen LogP contribution in [0.4, 0.5) is 0 Å². The van der Waals surface area contributed by atoms with Gasteiger partial charge in [0.15, 0.2) is 5.79 Å². The molecule has 0 N–H and O–H groups in total. The van der Waals surface area contributed by atoms with Gasteiger partial charge in [0.05, 0.1) is 18.4 Å². The van der Waals surface area contributed by atoms with Gasteiger partial charge in [-0.15, -0.1) is 9.24 Å². The highest BCUT2D eigenvalue weighted by molar-refractivity contribution is 7.21. The molecule has 0 radical (unpaired) electrons. The van der Waals surface area contributed by atoms with E-state index < -0.39 is 10.9 Å². The first-order valence-electron chi connectivity index (χ1n) is 8.30. The van der Waals surface area contributed by atoms with Crippen molar-refractivity contribution in [3.8, 4) is 0 Å². The second kappa shape index (κ2) is 5.29. The highest BCUT2D eigenvalue weighted by Crippen LogP contribution is 2.59. The first-order chi connectivity index (χ1) is 10.2. The van der Waals surface area contributed by atoms with Gasteiger partial charge >= 0.3 is 0 Å². The lowest BCUT2D eigenvalue weighted by molar-refractivity contribution is -0.232. The Kier molecular flexibility index (Phi) is 3.95. The number of ether oxygens (including phenoxy) is 2. The molecule has 1 saturated heterocycles. The standard InChI is InChI=1S/C17H28NO3P/c1-12(2)11-18-8-5-13-15(3,4)17(20-9-10-21-17)7-6-16(13,22)14(18)19/h5,12H,6-11,22H2,1-4H3. The summed E-state index contributed by atoms with van der Waals surface area (Å²) in [7, 11) is 2.86. The van der Waals surface area contributed by atoms with Crippen LogP contribution in [0.5, 0.6) is 0 Å². The third-order valence-electron chi connectivity index (χ3n) is 5.48. The quantitative estimate of drug-likeness (QED) is 0.579. The van der Waals surface area contributed by atoms with Crippen molar-refractivity contribution in [1.29, 1.82) is 0 Å². The molecule has 4 nitrogen and oxygen atoms in total. The van der Waals surface area contributed by atoms with Crippen molar-refractivity contribution in [3.63, 3.8) is 0 Å². The SMILES string of the molecule is CC(C)CN1CC=C2C(P)(CCC3(OCCO3)C2(C)C)C1=O. The van der Waals surface area contributed by atoms with Crippen molar-refractivity contribution >= 4 is 15.1 Å². The molecule has 2 fully saturated rings. The van der Waals surface area contributed by atoms with Gasteiger partial charge in [-0.25, -0.2) is 0 Å². The molecular weight excluding hydrogens is 297 g/mol. The molecule has 2 unspecified atom stereocenters. The van der Waals surface area contributed by atoms with Crippen LogP contribution in [0.1, 0.15) is 40.5 Å². The van der Waals surface area contributed by atoms with Crippen molar-refractivity contribution < 1.29 is 14.3 Å². The Morgan fingerprint density at radius 1 is 1.27 bits per heavy atom. The highest BCUT2D eigenvalue weighted by atomic mass is 31.0. The van der Waals surface area contributed by atoms with Crippen LogP contribution in [-0.4, -0.2) is 48.1 Å². The number of amides is 1. The van der Waals surface area contributed by atoms with Crippen LogP contribution in [0.25, 0.3) is 0 Å². The van der Waals surface area contributed by atoms with Crippen molar-refractivity contribution in [2.75, 3.05) is 26.3 Å². The molecule has 2 atom stereocenters. The van der Waals surface area contributed by atoms with E-state index in [-0.39, 0.29) is 11.3 Å². The molecule has 3 aliphatic rings. The summed E-state index contributed by atoms with van der Waals surface area (Å²) in [5.41, 5.74) is 0.881. The number of carbonyl (C=O) groups excluding carboxylic acids is 1. The van der Waals surface area contributed by atoms with Gasteiger partial charge in [-0.05, 0) is 17.9 Å². The number of fused-ring (bicyclic) bond motifs is 1. The number of rotatable bonds is 2. The molecular formula is C17H28NO3P. The van der Waals surface area contributed by atoms with Gasteiger partial charge in [0.1, 0.15) is 0 Å². The van der Waals surface area contributed by atoms with E-state index in [1.54, 1.807) is 0 Å². The first kappa shape index (κ1) is 16.4. The summed E-state index contributed by atoms with van der Waals surface area (Å²) >= 11 is 0. The molecule has 0 bridgehead atoms. The minimum atomic E-state index is -0.556. The molecule has 2 heterocycles. The van der Waals surface area contributed by atoms with Gasteiger partial charge < -0.3 is 14.4 Å². The van der Waals surface area contributed by atoms with Crippen molar-refractivity contribution in [2.24, 2.45) is 11.3 Å². The predicted octanol–water partition coefficient (Wildman–Crippen LogP) is 2.59. The van der Waals surface area contributed by atoms with Crippen molar-refractivity contribution in [2.45, 2.75) is 51.5 Å². The van der Waals surface area contributed by atoms with E-state index in [1.165, 1.54) is 5.57 Å². The summed E-state index contributed by atoms with van der Waals surface area (Å²) in [6.45, 7) is 11.4. The molecule has 2 aliphatic heterocycles. The Labute approximate surface area is 135 Å². The molecule has 1 saturated carbocycles. The lowest BCUT2D eigenvalue weighted by atomic mass is 9.62. The van der Waals surface area contributed by atoms with E-state index in [2.05, 4.69) is 43.0 Å². The fourth-order valence-electron chi connectivity index (χ4n) is 4.36. The minimum absolute atomic E-state index is 0.240. The monoisotopic (exact) mass is 325 g/mol. The fraction of sp³-hybridized carbons (Fsp3) is 0.824. The summed E-state index contributed by atoms with van der Waals surface area (Å²) in [5, 5.41) is -0.489. The smallest absolute Gasteiger partial charge is 0.236 e. The summed E-state index contributed by atoms with van der Waals surface area (Å²) in [5.74, 6) is 0.168. The third-order valence-corrected chi connectivity index (χ3v) is 6.33. The Morgan fingerprint density at radius 2 is 1.91 bits per heavy atom. The van der Waals surface area contributed by atoms with Crippen LogP contribution in [-0.2, 0) is 14.3 Å². The van der Waals surface area contributed by atoms with Gasteiger partial charge in [0, 0.05) is 24.9 Å². The van der Waals surface area contributed by atoms with Crippen LogP contribution in [0.3, 0.4) is 0 Å². The molecule has 3 rings (SSSR count). The van der Waals surface area contributed by atoms with Crippen LogP contribution in [0, 0.1) is 11.3 Å². The molecule has 0 aromatic carbocycles. The molecule has 124 valence electrons. The first-order valence-corrected chi connectivity index (χ1v) is 8.88. The Hall–Kier alpha value is -0.440. The van der Waals surface area contributed by atoms with E-state index >= 15 is 0 Å². The minimum Gasteiger partial charge on any atom is -0.347 e. The lowest BCUT2D eigenvalue weighted by Gasteiger charge is -2.56. The van der Waals surface area contributed by atoms with Crippen molar-refractivity contribution in [1.82, 2.24) is 4.90 Å². The number of nitrogens with zero attached hydrogens (tertiary/aromatic N) is 1. The van der Waals surface area contributed by atoms with E-state index in [1.807, 2.05) is 4.90 Å². The topological polar surface area (TPSA) is 38.8 Å². The van der Waals surface area contributed by atoms with Crippen LogP contribution in [0.2, 0.25) is 0 Å². The largest absolute Gasteiger partial charge is 0.347 e. The van der Waals surface area contributed by atoms with Crippen LogP contribution < -0.4 is 0 Å². The van der Waals surface area contributed by atoms with Gasteiger partial charge in [-0.3, -0.25) is 4.79 Å². The molecule has 1 aliphatic carbocycles. The molecule has 22 heavy (non-hydrogen) atoms. The van der Waals surface area contributed by atoms with E-state index in [9.17, 15) is 4.79 Å². The number of hydrogen-bond donors (Lipinski definition) is 0. The van der Waals surface area contributed by atoms with Crippen LogP contribution in [0.15, 0.2) is 11.6 Å². The maximum atomic E-state index is 13.1. The molecule has 1 amide bonds. The highest BCUT2D eigenvalue weighted by Gasteiger charge is 2.62. The van der Waals surface area contributed by atoms with Gasteiger partial charge in [-0.2, -0.15) is 0 Å². The van der Waals surface area contributed by atoms with Crippen molar-refractivity contribution in [3.05, 3.63) is 11.6 Å². The zero-order chi connectivity index (χ0) is 16.2. The summed E-state index contributed by atoms with van der Waals surface area (Å²) in [6.07, 6.45) is 3.77. The summed E-state index contributed by atoms with van der Waals surface area (Å²) in [4.78, 5) is 15.1. The number of hydrogen-bond acceptors (Lipinski definition) is 3. The van der Waals surface area contributed by atoms with Gasteiger partial charge in [0.25, 0.3) is 0 Å². The average Bonchev–Trinajstić information content (AvgIpc) is 2.90.